The van der Waals surface area contributed by atoms with E-state index in [0.29, 0.717) is 7.64 Å². The van der Waals surface area contributed by atoms with Gasteiger partial charge in [0.05, 0.1) is 0 Å². The van der Waals surface area contributed by atoms with Gasteiger partial charge in [0.15, 0.2) is 0 Å². The number of rotatable bonds is 0. The zero-order valence-electron chi connectivity index (χ0n) is 2.06. The molecule has 4 heteroatoms. The van der Waals surface area contributed by atoms with Gasteiger partial charge in [0, 0.05) is 0 Å². The van der Waals surface area contributed by atoms with Crippen LogP contribution in [0.2, 0.25) is 0 Å². The quantitative estimate of drug-likeness (QED) is 0.330. The van der Waals surface area contributed by atoms with Crippen LogP contribution in [0.5, 0.6) is 0 Å². The van der Waals surface area contributed by atoms with Crippen molar-refractivity contribution in [1.29, 1.82) is 0 Å². The molecule has 0 saturated carbocycles. The van der Waals surface area contributed by atoms with Gasteiger partial charge in [-0.1, -0.05) is 0 Å². The molecular formula is H7CaFeSi2. The van der Waals surface area contributed by atoms with Gasteiger partial charge in [-0.3, -0.25) is 0 Å². The van der Waals surface area contributed by atoms with E-state index in [1.54, 1.807) is 0 Å². The molecule has 0 saturated heterocycles. The van der Waals surface area contributed by atoms with E-state index >= 15 is 0 Å². The topological polar surface area (TPSA) is 0 Å². The summed E-state index contributed by atoms with van der Waals surface area (Å²) in [6.45, 7) is 0. The van der Waals surface area contributed by atoms with Gasteiger partial charge in [0.2, 0.25) is 0 Å². The second-order valence-corrected chi connectivity index (χ2v) is 9.28. The Hall–Kier alpha value is 2.21. The Balaban J connectivity index is 0. The van der Waals surface area contributed by atoms with Crippen molar-refractivity contribution in [2.75, 3.05) is 0 Å². The minimum absolute atomic E-state index is 0. The van der Waals surface area contributed by atoms with Gasteiger partial charge in [0.25, 0.3) is 0 Å². The van der Waals surface area contributed by atoms with E-state index in [9.17, 15) is 0 Å². The fourth-order valence-corrected chi connectivity index (χ4v) is 0. The summed E-state index contributed by atoms with van der Waals surface area (Å²) in [6.07, 6.45) is 0. The third kappa shape index (κ3) is 8.88. The SMILES string of the molecule is [CaH2].[SiH3][SiH2][Fe]. The molecule has 0 bridgehead atoms. The Labute approximate surface area is 69.4 Å². The molecule has 0 aliphatic heterocycles. The zero-order chi connectivity index (χ0) is 2.71. The summed E-state index contributed by atoms with van der Waals surface area (Å²) < 4.78 is 0. The summed E-state index contributed by atoms with van der Waals surface area (Å²) in [4.78, 5) is 0. The predicted molar refractivity (Wildman–Crippen MR) is 27.0 cm³/mol. The van der Waals surface area contributed by atoms with Gasteiger partial charge < -0.3 is 0 Å². The molecule has 0 aromatic heterocycles. The molecule has 0 atom stereocenters. The molecule has 0 nitrogen and oxygen atoms in total. The van der Waals surface area contributed by atoms with Gasteiger partial charge in [-0.25, -0.2) is 0 Å². The average Bonchev–Trinajstić information content (AvgIpc) is 0.918. The van der Waals surface area contributed by atoms with E-state index in [2.05, 4.69) is 15.4 Å². The van der Waals surface area contributed by atoms with Crippen molar-refractivity contribution in [2.24, 2.45) is 0 Å². The Morgan fingerprint density at radius 1 is 1.75 bits per heavy atom. The van der Waals surface area contributed by atoms with Crippen molar-refractivity contribution in [3.63, 3.8) is 0 Å². The summed E-state index contributed by atoms with van der Waals surface area (Å²) in [5.41, 5.74) is 0. The van der Waals surface area contributed by atoms with Crippen LogP contribution in [0.4, 0.5) is 0 Å². The summed E-state index contributed by atoms with van der Waals surface area (Å²) >= 11 is 3.69. The van der Waals surface area contributed by atoms with Crippen molar-refractivity contribution in [3.8, 4) is 0 Å². The van der Waals surface area contributed by atoms with Crippen LogP contribution in [-0.4, -0.2) is 55.1 Å². The van der Waals surface area contributed by atoms with Crippen molar-refractivity contribution in [3.05, 3.63) is 0 Å². The van der Waals surface area contributed by atoms with Crippen LogP contribution < -0.4 is 0 Å². The number of hydrogen-bond acceptors (Lipinski definition) is 0. The van der Waals surface area contributed by atoms with Gasteiger partial charge in [-0.2, -0.15) is 0 Å². The fraction of sp³-hybridized carbons (Fsp3) is 0. The standard InChI is InChI=1S/Ca.Fe.H5Si2.2H/c;;1-2;;/h;;1H2,2H3;;. The van der Waals surface area contributed by atoms with Gasteiger partial charge in [0.1, 0.15) is 0 Å². The molecule has 0 rings (SSSR count). The summed E-state index contributed by atoms with van der Waals surface area (Å²) in [5, 5.41) is 0. The molecule has 0 radical (unpaired) electrons. The Bertz CT molecular complexity index is 6.00. The Morgan fingerprint density at radius 3 is 1.75 bits per heavy atom. The second-order valence-electron chi connectivity index (χ2n) is 0.250. The van der Waals surface area contributed by atoms with E-state index in [1.165, 1.54) is 9.76 Å². The first-order chi connectivity index (χ1) is 1.41. The van der Waals surface area contributed by atoms with E-state index in [0.717, 1.165) is 0 Å². The summed E-state index contributed by atoms with van der Waals surface area (Å²) in [7, 11) is 1.70. The fourth-order valence-electron chi connectivity index (χ4n) is 0. The molecule has 0 amide bonds. The summed E-state index contributed by atoms with van der Waals surface area (Å²) in [5.74, 6) is 0. The van der Waals surface area contributed by atoms with E-state index in [4.69, 9.17) is 0 Å². The molecule has 25 valence electrons. The second kappa shape index (κ2) is 8.96. The van der Waals surface area contributed by atoms with Gasteiger partial charge in [-0.05, 0) is 0 Å². The van der Waals surface area contributed by atoms with Crippen LogP contribution in [0, 0.1) is 0 Å². The van der Waals surface area contributed by atoms with Crippen molar-refractivity contribution in [2.45, 2.75) is 0 Å². The molecule has 0 unspecified atom stereocenters. The van der Waals surface area contributed by atoms with E-state index in [1.807, 2.05) is 0 Å². The molecule has 0 heterocycles. The first-order valence-corrected chi connectivity index (χ1v) is 9.46. The van der Waals surface area contributed by atoms with Crippen LogP contribution in [-0.2, 0) is 15.4 Å². The van der Waals surface area contributed by atoms with Crippen LogP contribution in [0.25, 0.3) is 0 Å². The monoisotopic (exact) mass is 159 g/mol. The molecular weight excluding hydrogens is 152 g/mol. The van der Waals surface area contributed by atoms with Crippen LogP contribution >= 0.6 is 0 Å². The maximum absolute atomic E-state index is 3.69. The minimum atomic E-state index is 0. The Kier molecular flexibility index (Phi) is 21.3. The first kappa shape index (κ1) is 9.51. The van der Waals surface area contributed by atoms with Crippen LogP contribution in [0.1, 0.15) is 0 Å². The number of hydrogen-bond donors (Lipinski definition) is 0. The third-order valence-corrected chi connectivity index (χ3v) is 0. The summed E-state index contributed by atoms with van der Waals surface area (Å²) in [6, 6.07) is 0. The molecule has 4 heavy (non-hydrogen) atoms. The van der Waals surface area contributed by atoms with Crippen LogP contribution in [0.15, 0.2) is 0 Å². The first-order valence-electron chi connectivity index (χ1n) is 0.957. The Morgan fingerprint density at radius 2 is 1.75 bits per heavy atom. The third-order valence-electron chi connectivity index (χ3n) is 0. The average molecular weight is 159 g/mol. The molecule has 0 spiro atoms. The zero-order valence-corrected chi connectivity index (χ0v) is 6.58. The molecule has 0 aliphatic carbocycles. The van der Waals surface area contributed by atoms with Crippen LogP contribution in [0.3, 0.4) is 0 Å². The molecule has 0 N–H and O–H groups in total. The van der Waals surface area contributed by atoms with Gasteiger partial charge >= 0.3 is 70.5 Å². The van der Waals surface area contributed by atoms with Crippen molar-refractivity contribution in [1.82, 2.24) is 0 Å². The van der Waals surface area contributed by atoms with E-state index in [-0.39, 0.29) is 37.7 Å². The van der Waals surface area contributed by atoms with E-state index < -0.39 is 0 Å². The predicted octanol–water partition coefficient (Wildman–Crippen LogP) is -3.02. The van der Waals surface area contributed by atoms with Crippen molar-refractivity contribution >= 4 is 55.1 Å². The normalized spacial score (nSPS) is 8.25. The van der Waals surface area contributed by atoms with Crippen molar-refractivity contribution < 1.29 is 15.4 Å². The maximum atomic E-state index is 3.69. The molecule has 0 fully saturated rings. The molecule has 0 aromatic rings. The molecule has 0 aliphatic rings. The van der Waals surface area contributed by atoms with Gasteiger partial charge in [-0.15, -0.1) is 0 Å². The molecule has 0 aromatic carbocycles.